The lowest BCUT2D eigenvalue weighted by Gasteiger charge is -2.02. The highest BCUT2D eigenvalue weighted by atomic mass is 32.2. The fourth-order valence-electron chi connectivity index (χ4n) is 1.21. The smallest absolute Gasteiger partial charge is 0.116 e. The van der Waals surface area contributed by atoms with Crippen LogP contribution < -0.4 is 5.32 Å². The van der Waals surface area contributed by atoms with Crippen molar-refractivity contribution in [3.05, 3.63) is 17.7 Å². The number of nitrogens with zero attached hydrogens (tertiary/aromatic N) is 1. The third kappa shape index (κ3) is 5.23. The molecular weight excluding hydrogens is 206 g/mol. The number of hydrogen-bond donors (Lipinski definition) is 2. The summed E-state index contributed by atoms with van der Waals surface area (Å²) in [5.74, 6) is 2.06. The van der Waals surface area contributed by atoms with Crippen molar-refractivity contribution in [1.29, 1.82) is 0 Å². The van der Waals surface area contributed by atoms with Gasteiger partial charge in [-0.05, 0) is 18.2 Å². The molecule has 0 saturated heterocycles. The van der Waals surface area contributed by atoms with Crippen LogP contribution in [0.4, 0.5) is 0 Å². The summed E-state index contributed by atoms with van der Waals surface area (Å²) in [6.45, 7) is 8.54. The summed E-state index contributed by atoms with van der Waals surface area (Å²) in [7, 11) is 0. The Balaban J connectivity index is 2.29. The van der Waals surface area contributed by atoms with Crippen LogP contribution in [0.2, 0.25) is 0 Å². The van der Waals surface area contributed by atoms with Crippen molar-refractivity contribution in [2.45, 2.75) is 44.7 Å². The maximum atomic E-state index is 4.35. The molecular formula is C11H21N3S. The van der Waals surface area contributed by atoms with E-state index in [0.717, 1.165) is 24.7 Å². The average Bonchev–Trinajstić information content (AvgIpc) is 2.63. The van der Waals surface area contributed by atoms with Gasteiger partial charge in [-0.2, -0.15) is 11.8 Å². The van der Waals surface area contributed by atoms with Crippen LogP contribution >= 0.6 is 11.8 Å². The lowest BCUT2D eigenvalue weighted by molar-refractivity contribution is 0.666. The van der Waals surface area contributed by atoms with Crippen molar-refractivity contribution in [2.24, 2.45) is 0 Å². The minimum absolute atomic E-state index is 0.664. The van der Waals surface area contributed by atoms with E-state index in [2.05, 4.69) is 36.1 Å². The van der Waals surface area contributed by atoms with E-state index < -0.39 is 0 Å². The fraction of sp³-hybridized carbons (Fsp3) is 0.727. The number of rotatable bonds is 7. The van der Waals surface area contributed by atoms with Gasteiger partial charge in [0.1, 0.15) is 5.82 Å². The SMILES string of the molecule is CCCNCc1cnc(CSC(C)C)[nH]1. The van der Waals surface area contributed by atoms with Crippen molar-refractivity contribution in [2.75, 3.05) is 6.54 Å². The summed E-state index contributed by atoms with van der Waals surface area (Å²) in [5, 5.41) is 4.02. The van der Waals surface area contributed by atoms with E-state index >= 15 is 0 Å². The molecule has 0 aliphatic rings. The second kappa shape index (κ2) is 6.90. The van der Waals surface area contributed by atoms with Gasteiger partial charge in [-0.25, -0.2) is 4.98 Å². The highest BCUT2D eigenvalue weighted by Gasteiger charge is 2.01. The van der Waals surface area contributed by atoms with Crippen molar-refractivity contribution in [3.63, 3.8) is 0 Å². The summed E-state index contributed by atoms with van der Waals surface area (Å²) in [6, 6.07) is 0. The van der Waals surface area contributed by atoms with Gasteiger partial charge in [-0.3, -0.25) is 0 Å². The Morgan fingerprint density at radius 1 is 1.53 bits per heavy atom. The van der Waals surface area contributed by atoms with Gasteiger partial charge in [0.2, 0.25) is 0 Å². The molecule has 1 aromatic rings. The summed E-state index contributed by atoms with van der Waals surface area (Å²) < 4.78 is 0. The van der Waals surface area contributed by atoms with Crippen molar-refractivity contribution < 1.29 is 0 Å². The van der Waals surface area contributed by atoms with Gasteiger partial charge >= 0.3 is 0 Å². The van der Waals surface area contributed by atoms with E-state index in [1.165, 1.54) is 12.1 Å². The number of hydrogen-bond acceptors (Lipinski definition) is 3. The Hall–Kier alpha value is -0.480. The largest absolute Gasteiger partial charge is 0.344 e. The van der Waals surface area contributed by atoms with E-state index in [0.29, 0.717) is 5.25 Å². The van der Waals surface area contributed by atoms with E-state index in [-0.39, 0.29) is 0 Å². The van der Waals surface area contributed by atoms with Crippen LogP contribution in [0.25, 0.3) is 0 Å². The summed E-state index contributed by atoms with van der Waals surface area (Å²) in [4.78, 5) is 7.68. The molecule has 0 bridgehead atoms. The molecule has 86 valence electrons. The fourth-order valence-corrected chi connectivity index (χ4v) is 1.85. The van der Waals surface area contributed by atoms with Crippen molar-refractivity contribution in [3.8, 4) is 0 Å². The third-order valence-electron chi connectivity index (χ3n) is 1.98. The van der Waals surface area contributed by atoms with Crippen LogP contribution in [-0.4, -0.2) is 21.8 Å². The van der Waals surface area contributed by atoms with Gasteiger partial charge in [0, 0.05) is 18.4 Å². The quantitative estimate of drug-likeness (QED) is 0.703. The molecule has 2 N–H and O–H groups in total. The highest BCUT2D eigenvalue weighted by Crippen LogP contribution is 2.14. The molecule has 0 spiro atoms. The van der Waals surface area contributed by atoms with Gasteiger partial charge in [0.15, 0.2) is 0 Å². The van der Waals surface area contributed by atoms with Crippen molar-refractivity contribution in [1.82, 2.24) is 15.3 Å². The first-order valence-corrected chi connectivity index (χ1v) is 6.62. The maximum absolute atomic E-state index is 4.35. The molecule has 0 aliphatic carbocycles. The third-order valence-corrected chi connectivity index (χ3v) is 3.08. The van der Waals surface area contributed by atoms with Crippen LogP contribution in [0.1, 0.15) is 38.7 Å². The molecule has 0 aromatic carbocycles. The monoisotopic (exact) mass is 227 g/mol. The van der Waals surface area contributed by atoms with E-state index in [1.54, 1.807) is 0 Å². The normalized spacial score (nSPS) is 11.2. The molecule has 4 heteroatoms. The van der Waals surface area contributed by atoms with Crippen LogP contribution in [0.3, 0.4) is 0 Å². The predicted octanol–water partition coefficient (Wildman–Crippen LogP) is 2.55. The Labute approximate surface area is 96.5 Å². The number of imidazole rings is 1. The minimum Gasteiger partial charge on any atom is -0.344 e. The minimum atomic E-state index is 0.664. The zero-order valence-electron chi connectivity index (χ0n) is 9.84. The zero-order chi connectivity index (χ0) is 11.1. The first kappa shape index (κ1) is 12.6. The van der Waals surface area contributed by atoms with Gasteiger partial charge in [-0.15, -0.1) is 0 Å². The number of H-pyrrole nitrogens is 1. The van der Waals surface area contributed by atoms with Crippen LogP contribution in [-0.2, 0) is 12.3 Å². The van der Waals surface area contributed by atoms with E-state index in [1.807, 2.05) is 18.0 Å². The number of thioether (sulfide) groups is 1. The zero-order valence-corrected chi connectivity index (χ0v) is 10.7. The van der Waals surface area contributed by atoms with Crippen molar-refractivity contribution >= 4 is 11.8 Å². The second-order valence-corrected chi connectivity index (χ2v) is 5.46. The van der Waals surface area contributed by atoms with E-state index in [4.69, 9.17) is 0 Å². The molecule has 0 radical (unpaired) electrons. The Morgan fingerprint density at radius 2 is 2.33 bits per heavy atom. The van der Waals surface area contributed by atoms with Gasteiger partial charge in [0.05, 0.1) is 5.75 Å². The molecule has 3 nitrogen and oxygen atoms in total. The molecule has 15 heavy (non-hydrogen) atoms. The molecule has 0 unspecified atom stereocenters. The Kier molecular flexibility index (Phi) is 5.79. The molecule has 1 heterocycles. The molecule has 1 rings (SSSR count). The van der Waals surface area contributed by atoms with Crippen LogP contribution in [0.5, 0.6) is 0 Å². The number of aromatic amines is 1. The lowest BCUT2D eigenvalue weighted by Crippen LogP contribution is -2.13. The molecule has 0 aliphatic heterocycles. The standard InChI is InChI=1S/C11H21N3S/c1-4-5-12-6-10-7-13-11(14-10)8-15-9(2)3/h7,9,12H,4-6,8H2,1-3H3,(H,13,14). The van der Waals surface area contributed by atoms with E-state index in [9.17, 15) is 0 Å². The lowest BCUT2D eigenvalue weighted by atomic mass is 10.4. The summed E-state index contributed by atoms with van der Waals surface area (Å²) in [5.41, 5.74) is 1.18. The predicted molar refractivity (Wildman–Crippen MR) is 67.0 cm³/mol. The molecule has 0 fully saturated rings. The summed E-state index contributed by atoms with van der Waals surface area (Å²) >= 11 is 1.91. The molecule has 0 atom stereocenters. The molecule has 0 amide bonds. The van der Waals surface area contributed by atoms with Crippen LogP contribution in [0, 0.1) is 0 Å². The Bertz CT molecular complexity index is 271. The molecule has 0 saturated carbocycles. The Morgan fingerprint density at radius 3 is 3.00 bits per heavy atom. The van der Waals surface area contributed by atoms with Gasteiger partial charge in [0.25, 0.3) is 0 Å². The number of nitrogens with one attached hydrogen (secondary N) is 2. The topological polar surface area (TPSA) is 40.7 Å². The second-order valence-electron chi connectivity index (χ2n) is 3.89. The number of aromatic nitrogens is 2. The van der Waals surface area contributed by atoms with Gasteiger partial charge in [-0.1, -0.05) is 20.8 Å². The first-order chi connectivity index (χ1) is 7.22. The van der Waals surface area contributed by atoms with Crippen LogP contribution in [0.15, 0.2) is 6.20 Å². The highest BCUT2D eigenvalue weighted by molar-refractivity contribution is 7.99. The van der Waals surface area contributed by atoms with Gasteiger partial charge < -0.3 is 10.3 Å². The first-order valence-electron chi connectivity index (χ1n) is 5.57. The maximum Gasteiger partial charge on any atom is 0.116 e. The average molecular weight is 227 g/mol. The molecule has 1 aromatic heterocycles. The summed E-state index contributed by atoms with van der Waals surface area (Å²) in [6.07, 6.45) is 3.10.